The highest BCUT2D eigenvalue weighted by Crippen LogP contribution is 2.75. The van der Waals surface area contributed by atoms with Crippen LogP contribution in [0, 0.1) is 50.2 Å². The Morgan fingerprint density at radius 3 is 2.21 bits per heavy atom. The minimum atomic E-state index is -1.23. The number of aliphatic hydroxyl groups excluding tert-OH is 5. The van der Waals surface area contributed by atoms with E-state index in [1.807, 2.05) is 13.8 Å². The third-order valence-corrected chi connectivity index (χ3v) is 14.5. The van der Waals surface area contributed by atoms with E-state index in [2.05, 4.69) is 33.8 Å². The first-order valence-corrected chi connectivity index (χ1v) is 16.2. The summed E-state index contributed by atoms with van der Waals surface area (Å²) >= 11 is 0. The quantitative estimate of drug-likeness (QED) is 0.185. The van der Waals surface area contributed by atoms with E-state index < -0.39 is 53.2 Å². The van der Waals surface area contributed by atoms with Crippen LogP contribution in [0.4, 0.5) is 0 Å². The number of hydrogen-bond donors (Lipinski definition) is 5. The predicted molar refractivity (Wildman–Crippen MR) is 161 cm³/mol. The van der Waals surface area contributed by atoms with Gasteiger partial charge in [0.1, 0.15) is 12.2 Å². The van der Waals surface area contributed by atoms with E-state index in [9.17, 15) is 30.3 Å². The van der Waals surface area contributed by atoms with Crippen molar-refractivity contribution in [2.45, 2.75) is 125 Å². The lowest BCUT2D eigenvalue weighted by Gasteiger charge is -2.72. The van der Waals surface area contributed by atoms with Crippen LogP contribution in [0.1, 0.15) is 100 Å². The summed E-state index contributed by atoms with van der Waals surface area (Å²) in [5, 5.41) is 56.6. The van der Waals surface area contributed by atoms with Gasteiger partial charge in [-0.05, 0) is 92.8 Å². The fourth-order valence-corrected chi connectivity index (χ4v) is 11.5. The van der Waals surface area contributed by atoms with Crippen molar-refractivity contribution in [1.82, 2.24) is 0 Å². The van der Waals surface area contributed by atoms with Crippen LogP contribution in [0.3, 0.4) is 0 Å². The van der Waals surface area contributed by atoms with Crippen molar-refractivity contribution >= 4 is 5.97 Å². The Labute approximate surface area is 252 Å². The molecule has 4 fully saturated rings. The number of carbonyl (C=O) groups is 1. The fraction of sp³-hybridized carbons (Fsp3) is 0.857. The molecule has 5 rings (SSSR count). The highest BCUT2D eigenvalue weighted by molar-refractivity contribution is 5.87. The molecule has 0 heterocycles. The molecule has 0 amide bonds. The molecule has 0 saturated heterocycles. The van der Waals surface area contributed by atoms with Crippen LogP contribution in [0.5, 0.6) is 0 Å². The number of fused-ring (bicyclic) bond motifs is 7. The first-order chi connectivity index (χ1) is 19.4. The van der Waals surface area contributed by atoms with E-state index in [1.165, 1.54) is 5.57 Å². The van der Waals surface area contributed by atoms with Gasteiger partial charge in [-0.3, -0.25) is 0 Å². The zero-order chi connectivity index (χ0) is 31.3. The molecule has 42 heavy (non-hydrogen) atoms. The number of rotatable bonds is 4. The molecular formula is C35H56O7. The zero-order valence-electron chi connectivity index (χ0n) is 27.1. The van der Waals surface area contributed by atoms with Gasteiger partial charge in [0.25, 0.3) is 0 Å². The Balaban J connectivity index is 1.58. The number of carbonyl (C=O) groups excluding carboxylic acids is 1. The van der Waals surface area contributed by atoms with Gasteiger partial charge in [0.05, 0.1) is 30.8 Å². The van der Waals surface area contributed by atoms with Crippen molar-refractivity contribution in [3.05, 3.63) is 23.3 Å². The van der Waals surface area contributed by atoms with Crippen molar-refractivity contribution in [2.24, 2.45) is 50.2 Å². The van der Waals surface area contributed by atoms with Gasteiger partial charge >= 0.3 is 5.97 Å². The Hall–Kier alpha value is -1.25. The van der Waals surface area contributed by atoms with Crippen LogP contribution in [0.2, 0.25) is 0 Å². The van der Waals surface area contributed by atoms with Crippen LogP contribution >= 0.6 is 0 Å². The minimum Gasteiger partial charge on any atom is -0.456 e. The first kappa shape index (κ1) is 32.2. The molecule has 0 bridgehead atoms. The SMILES string of the molecule is C/C=C(/C)C(=O)O[C@H]1[C@H](O)[C@@]2(CO)C(CC1(C)C)C1=CCC3[C@@]4(C)CC[C@H](O)[C@](C)(CO)C4CC[C@@]3(C)[C@]1(C)C[C@H]2O. The van der Waals surface area contributed by atoms with E-state index in [-0.39, 0.29) is 34.7 Å². The molecule has 12 atom stereocenters. The molecule has 7 heteroatoms. The monoisotopic (exact) mass is 588 g/mol. The van der Waals surface area contributed by atoms with Gasteiger partial charge in [0.15, 0.2) is 0 Å². The molecule has 7 nitrogen and oxygen atoms in total. The van der Waals surface area contributed by atoms with E-state index in [0.29, 0.717) is 30.8 Å². The second-order valence-corrected chi connectivity index (χ2v) is 16.5. The second-order valence-electron chi connectivity index (χ2n) is 16.5. The van der Waals surface area contributed by atoms with Crippen molar-refractivity contribution < 1.29 is 35.1 Å². The van der Waals surface area contributed by atoms with E-state index in [1.54, 1.807) is 19.9 Å². The summed E-state index contributed by atoms with van der Waals surface area (Å²) in [4.78, 5) is 12.9. The molecule has 238 valence electrons. The van der Waals surface area contributed by atoms with Gasteiger partial charge < -0.3 is 30.3 Å². The lowest BCUT2D eigenvalue weighted by Crippen LogP contribution is -2.72. The predicted octanol–water partition coefficient (Wildman–Crippen LogP) is 4.54. The third kappa shape index (κ3) is 3.92. The molecule has 5 aliphatic rings. The van der Waals surface area contributed by atoms with Gasteiger partial charge in [-0.15, -0.1) is 0 Å². The van der Waals surface area contributed by atoms with Crippen LogP contribution in [0.25, 0.3) is 0 Å². The van der Waals surface area contributed by atoms with Gasteiger partial charge in [-0.25, -0.2) is 4.79 Å². The summed E-state index contributed by atoms with van der Waals surface area (Å²) in [6.45, 7) is 16.2. The average molecular weight is 589 g/mol. The van der Waals surface area contributed by atoms with Crippen LogP contribution in [-0.2, 0) is 9.53 Å². The molecule has 5 N–H and O–H groups in total. The summed E-state index contributed by atoms with van der Waals surface area (Å²) < 4.78 is 5.93. The van der Waals surface area contributed by atoms with Crippen molar-refractivity contribution in [2.75, 3.05) is 13.2 Å². The molecule has 0 aromatic carbocycles. The second kappa shape index (κ2) is 10.1. The molecule has 5 aliphatic carbocycles. The number of esters is 1. The molecule has 0 aliphatic heterocycles. The average Bonchev–Trinajstić information content (AvgIpc) is 2.93. The number of allylic oxidation sites excluding steroid dienone is 3. The molecule has 0 aromatic heterocycles. The Bertz CT molecular complexity index is 1160. The fourth-order valence-electron chi connectivity index (χ4n) is 11.5. The maximum atomic E-state index is 12.9. The molecular weight excluding hydrogens is 532 g/mol. The smallest absolute Gasteiger partial charge is 0.333 e. The van der Waals surface area contributed by atoms with Gasteiger partial charge in [0.2, 0.25) is 0 Å². The molecule has 4 saturated carbocycles. The molecule has 0 aromatic rings. The highest BCUT2D eigenvalue weighted by atomic mass is 16.6. The number of aliphatic hydroxyl groups is 5. The standard InChI is InChI=1S/C35H56O7/c1-9-20(2)29(41)42-28-27(40)35(19-37)22(16-30(28,3)4)21-10-11-24-31(5)14-13-25(38)32(6,18-36)23(31)12-15-33(24,7)34(21,8)17-26(35)39/h9-10,22-28,36-40H,11-19H2,1-8H3/b20-9-/t22?,23?,24?,25-,26+,27-,28-,31-,32+,33+,34+,35-/m0/s1. The topological polar surface area (TPSA) is 127 Å². The third-order valence-electron chi connectivity index (χ3n) is 14.5. The summed E-state index contributed by atoms with van der Waals surface area (Å²) in [5.74, 6) is -0.241. The first-order valence-electron chi connectivity index (χ1n) is 16.2. The number of hydrogen-bond acceptors (Lipinski definition) is 7. The zero-order valence-corrected chi connectivity index (χ0v) is 27.1. The lowest BCUT2D eigenvalue weighted by molar-refractivity contribution is -0.262. The molecule has 0 radical (unpaired) electrons. The molecule has 3 unspecified atom stereocenters. The Morgan fingerprint density at radius 2 is 1.62 bits per heavy atom. The van der Waals surface area contributed by atoms with Crippen molar-refractivity contribution in [3.63, 3.8) is 0 Å². The van der Waals surface area contributed by atoms with Gasteiger partial charge in [-0.2, -0.15) is 0 Å². The highest BCUT2D eigenvalue weighted by Gasteiger charge is 2.72. The summed E-state index contributed by atoms with van der Waals surface area (Å²) in [5.41, 5.74) is -1.25. The van der Waals surface area contributed by atoms with E-state index in [4.69, 9.17) is 4.74 Å². The molecule has 0 spiro atoms. The summed E-state index contributed by atoms with van der Waals surface area (Å²) in [7, 11) is 0. The maximum absolute atomic E-state index is 12.9. The number of ether oxygens (including phenoxy) is 1. The lowest BCUT2D eigenvalue weighted by atomic mass is 9.33. The van der Waals surface area contributed by atoms with Crippen LogP contribution in [-0.4, -0.2) is 69.1 Å². The summed E-state index contributed by atoms with van der Waals surface area (Å²) in [6.07, 6.45) is 5.72. The minimum absolute atomic E-state index is 0.0255. The van der Waals surface area contributed by atoms with Crippen LogP contribution in [0.15, 0.2) is 23.3 Å². The normalized spacial score (nSPS) is 51.8. The van der Waals surface area contributed by atoms with Gasteiger partial charge in [0, 0.05) is 16.4 Å². The Kier molecular flexibility index (Phi) is 7.76. The largest absolute Gasteiger partial charge is 0.456 e. The van der Waals surface area contributed by atoms with E-state index >= 15 is 0 Å². The van der Waals surface area contributed by atoms with Crippen LogP contribution < -0.4 is 0 Å². The summed E-state index contributed by atoms with van der Waals surface area (Å²) in [6, 6.07) is 0. The Morgan fingerprint density at radius 1 is 0.952 bits per heavy atom. The van der Waals surface area contributed by atoms with E-state index in [0.717, 1.165) is 25.7 Å². The van der Waals surface area contributed by atoms with Gasteiger partial charge in [-0.1, -0.05) is 59.3 Å². The van der Waals surface area contributed by atoms with Crippen molar-refractivity contribution in [3.8, 4) is 0 Å². The maximum Gasteiger partial charge on any atom is 0.333 e. The van der Waals surface area contributed by atoms with Crippen molar-refractivity contribution in [1.29, 1.82) is 0 Å².